The third-order valence-electron chi connectivity index (χ3n) is 6.20. The molecular weight excluding hydrogens is 578 g/mol. The first-order chi connectivity index (χ1) is 21.2. The van der Waals surface area contributed by atoms with Crippen molar-refractivity contribution in [2.24, 2.45) is 0 Å². The van der Waals surface area contributed by atoms with E-state index in [1.54, 1.807) is 91.9 Å². The van der Waals surface area contributed by atoms with Gasteiger partial charge < -0.3 is 25.8 Å². The smallest absolute Gasteiger partial charge is 0.335 e. The predicted molar refractivity (Wildman–Crippen MR) is 172 cm³/mol. The Labute approximate surface area is 259 Å². The van der Waals surface area contributed by atoms with Crippen LogP contribution in [0.1, 0.15) is 40.1 Å². The van der Waals surface area contributed by atoms with Crippen LogP contribution < -0.4 is 20.7 Å². The highest BCUT2D eigenvalue weighted by Crippen LogP contribution is 2.27. The maximum atomic E-state index is 13.5. The number of amides is 3. The molecule has 4 aromatic carbocycles. The lowest BCUT2D eigenvalue weighted by atomic mass is 10.1. The molecule has 0 aliphatic carbocycles. The number of carboxylic acids is 1. The summed E-state index contributed by atoms with van der Waals surface area (Å²) in [5, 5.41) is 17.0. The molecule has 4 aromatic rings. The van der Waals surface area contributed by atoms with E-state index in [-0.39, 0.29) is 17.2 Å². The fourth-order valence-electron chi connectivity index (χ4n) is 4.06. The summed E-state index contributed by atoms with van der Waals surface area (Å²) in [6.45, 7) is 4.01. The van der Waals surface area contributed by atoms with Crippen molar-refractivity contribution in [1.82, 2.24) is 5.32 Å². The molecule has 44 heavy (non-hydrogen) atoms. The van der Waals surface area contributed by atoms with Gasteiger partial charge in [0.15, 0.2) is 0 Å². The summed E-state index contributed by atoms with van der Waals surface area (Å²) in [5.74, 6) is -1.83. The van der Waals surface area contributed by atoms with E-state index in [0.717, 1.165) is 0 Å². The molecule has 0 radical (unpaired) electrons. The van der Waals surface area contributed by atoms with E-state index in [0.29, 0.717) is 39.8 Å². The summed E-state index contributed by atoms with van der Waals surface area (Å²) < 4.78 is 5.70. The third kappa shape index (κ3) is 8.83. The van der Waals surface area contributed by atoms with Crippen LogP contribution in [0.15, 0.2) is 114 Å². The normalized spacial score (nSPS) is 11.6. The molecule has 0 aliphatic heterocycles. The summed E-state index contributed by atoms with van der Waals surface area (Å²) in [7, 11) is 0. The number of hydrogen-bond acceptors (Lipinski definition) is 6. The number of nitrogens with one attached hydrogen (secondary N) is 3. The van der Waals surface area contributed by atoms with Gasteiger partial charge in [-0.3, -0.25) is 14.4 Å². The largest absolute Gasteiger partial charge is 0.493 e. The van der Waals surface area contributed by atoms with Crippen LogP contribution in [-0.4, -0.2) is 40.7 Å². The van der Waals surface area contributed by atoms with E-state index in [2.05, 4.69) is 16.0 Å². The van der Waals surface area contributed by atoms with Crippen molar-refractivity contribution < 1.29 is 29.0 Å². The van der Waals surface area contributed by atoms with Gasteiger partial charge in [-0.25, -0.2) is 4.79 Å². The standard InChI is InChI=1S/C34H31N3O6S/c1-3-43-30-18-8-7-13-24(30)20-29(37-32(39)23-11-5-4-6-12-23)33(40)36-27-16-10-17-28(21-27)44-22(2)31(38)35-26-15-9-14-25(19-26)34(41)42/h4-22H,3H2,1-2H3,(H,35,38)(H,36,40)(H,37,39)(H,41,42)/b29-20+. The summed E-state index contributed by atoms with van der Waals surface area (Å²) in [4.78, 5) is 51.3. The minimum atomic E-state index is -1.08. The zero-order valence-corrected chi connectivity index (χ0v) is 24.9. The van der Waals surface area contributed by atoms with Gasteiger partial charge in [0.25, 0.3) is 11.8 Å². The molecule has 1 unspecified atom stereocenters. The van der Waals surface area contributed by atoms with Crippen molar-refractivity contribution in [3.05, 3.63) is 126 Å². The van der Waals surface area contributed by atoms with Gasteiger partial charge in [0, 0.05) is 27.4 Å². The highest BCUT2D eigenvalue weighted by Gasteiger charge is 2.18. The Morgan fingerprint density at radius 3 is 2.20 bits per heavy atom. The SMILES string of the molecule is CCOc1ccccc1/C=C(/NC(=O)c1ccccc1)C(=O)Nc1cccc(SC(C)C(=O)Nc2cccc(C(=O)O)c2)c1. The van der Waals surface area contributed by atoms with Crippen molar-refractivity contribution in [3.8, 4) is 5.75 Å². The van der Waals surface area contributed by atoms with Crippen LogP contribution >= 0.6 is 11.8 Å². The van der Waals surface area contributed by atoms with Crippen LogP contribution in [0.5, 0.6) is 5.75 Å². The molecular formula is C34H31N3O6S. The number of anilines is 2. The van der Waals surface area contributed by atoms with Crippen molar-refractivity contribution in [1.29, 1.82) is 0 Å². The number of hydrogen-bond donors (Lipinski definition) is 4. The Morgan fingerprint density at radius 1 is 0.818 bits per heavy atom. The van der Waals surface area contributed by atoms with E-state index >= 15 is 0 Å². The lowest BCUT2D eigenvalue weighted by molar-refractivity contribution is -0.115. The van der Waals surface area contributed by atoms with Crippen LogP contribution in [0.25, 0.3) is 6.08 Å². The van der Waals surface area contributed by atoms with Crippen molar-refractivity contribution >= 4 is 52.9 Å². The lowest BCUT2D eigenvalue weighted by Crippen LogP contribution is -2.30. The van der Waals surface area contributed by atoms with Gasteiger partial charge in [-0.15, -0.1) is 11.8 Å². The Hall–Kier alpha value is -5.35. The number of para-hydroxylation sites is 1. The second-order valence-corrected chi connectivity index (χ2v) is 10.9. The van der Waals surface area contributed by atoms with Crippen molar-refractivity contribution in [3.63, 3.8) is 0 Å². The Balaban J connectivity index is 1.50. The first-order valence-corrected chi connectivity index (χ1v) is 14.6. The second kappa shape index (κ2) is 15.2. The quantitative estimate of drug-likeness (QED) is 0.109. The number of thioether (sulfide) groups is 1. The van der Waals surface area contributed by atoms with Gasteiger partial charge in [-0.05, 0) is 74.5 Å². The minimum absolute atomic E-state index is 0.0143. The molecule has 0 bridgehead atoms. The van der Waals surface area contributed by atoms with Gasteiger partial charge in [0.1, 0.15) is 11.4 Å². The molecule has 0 saturated carbocycles. The summed E-state index contributed by atoms with van der Waals surface area (Å²) in [6, 6.07) is 28.8. The van der Waals surface area contributed by atoms with Crippen LogP contribution in [0.4, 0.5) is 11.4 Å². The molecule has 0 aromatic heterocycles. The summed E-state index contributed by atoms with van der Waals surface area (Å²) >= 11 is 1.27. The van der Waals surface area contributed by atoms with Crippen molar-refractivity contribution in [2.45, 2.75) is 24.0 Å². The monoisotopic (exact) mass is 609 g/mol. The average molecular weight is 610 g/mol. The molecule has 0 spiro atoms. The zero-order valence-electron chi connectivity index (χ0n) is 24.1. The highest BCUT2D eigenvalue weighted by molar-refractivity contribution is 8.00. The van der Waals surface area contributed by atoms with E-state index in [9.17, 15) is 24.3 Å². The molecule has 0 heterocycles. The number of benzene rings is 4. The molecule has 10 heteroatoms. The molecule has 0 fully saturated rings. The Kier molecular flexibility index (Phi) is 10.9. The number of rotatable bonds is 12. The first-order valence-electron chi connectivity index (χ1n) is 13.8. The van der Waals surface area contributed by atoms with E-state index < -0.39 is 23.0 Å². The molecule has 4 rings (SSSR count). The first kappa shape index (κ1) is 31.6. The number of carbonyl (C=O) groups excluding carboxylic acids is 3. The third-order valence-corrected chi connectivity index (χ3v) is 7.29. The summed E-state index contributed by atoms with van der Waals surface area (Å²) in [6.07, 6.45) is 1.56. The van der Waals surface area contributed by atoms with Crippen LogP contribution in [0, 0.1) is 0 Å². The molecule has 1 atom stereocenters. The molecule has 4 N–H and O–H groups in total. The van der Waals surface area contributed by atoms with E-state index in [1.165, 1.54) is 23.9 Å². The summed E-state index contributed by atoms with van der Waals surface area (Å²) in [5.41, 5.74) is 1.93. The minimum Gasteiger partial charge on any atom is -0.493 e. The van der Waals surface area contributed by atoms with Gasteiger partial charge in [-0.2, -0.15) is 0 Å². The molecule has 3 amide bonds. The maximum absolute atomic E-state index is 13.5. The number of carbonyl (C=O) groups is 4. The van der Waals surface area contributed by atoms with Crippen LogP contribution in [0.2, 0.25) is 0 Å². The molecule has 9 nitrogen and oxygen atoms in total. The fraction of sp³-hybridized carbons (Fsp3) is 0.118. The van der Waals surface area contributed by atoms with E-state index in [4.69, 9.17) is 4.74 Å². The van der Waals surface area contributed by atoms with Crippen LogP contribution in [-0.2, 0) is 9.59 Å². The maximum Gasteiger partial charge on any atom is 0.335 e. The molecule has 0 saturated heterocycles. The number of aromatic carboxylic acids is 1. The van der Waals surface area contributed by atoms with Gasteiger partial charge in [0.2, 0.25) is 5.91 Å². The predicted octanol–water partition coefficient (Wildman–Crippen LogP) is 6.31. The van der Waals surface area contributed by atoms with Crippen LogP contribution in [0.3, 0.4) is 0 Å². The molecule has 224 valence electrons. The number of carboxylic acid groups (broad SMARTS) is 1. The van der Waals surface area contributed by atoms with Crippen molar-refractivity contribution in [2.75, 3.05) is 17.2 Å². The fourth-order valence-corrected chi connectivity index (χ4v) is 4.99. The lowest BCUT2D eigenvalue weighted by Gasteiger charge is -2.15. The molecule has 0 aliphatic rings. The van der Waals surface area contributed by atoms with Gasteiger partial charge >= 0.3 is 5.97 Å². The topological polar surface area (TPSA) is 134 Å². The van der Waals surface area contributed by atoms with Gasteiger partial charge in [0.05, 0.1) is 17.4 Å². The highest BCUT2D eigenvalue weighted by atomic mass is 32.2. The van der Waals surface area contributed by atoms with Gasteiger partial charge in [-0.1, -0.05) is 48.5 Å². The second-order valence-electron chi connectivity index (χ2n) is 9.47. The zero-order chi connectivity index (χ0) is 31.5. The Morgan fingerprint density at radius 2 is 1.48 bits per heavy atom. The number of ether oxygens (including phenoxy) is 1. The Bertz CT molecular complexity index is 1690. The average Bonchev–Trinajstić information content (AvgIpc) is 3.02. The van der Waals surface area contributed by atoms with E-state index in [1.807, 2.05) is 19.1 Å².